The van der Waals surface area contributed by atoms with E-state index in [-0.39, 0.29) is 5.97 Å². The average Bonchev–Trinajstić information content (AvgIpc) is 2.29. The fourth-order valence-corrected chi connectivity index (χ4v) is 2.27. The minimum atomic E-state index is -0.293. The lowest BCUT2D eigenvalue weighted by Crippen LogP contribution is -2.36. The monoisotopic (exact) mass is 229 g/mol. The third-order valence-corrected chi connectivity index (χ3v) is 3.21. The number of carbonyl (C=O) groups is 1. The summed E-state index contributed by atoms with van der Waals surface area (Å²) in [5.41, 5.74) is 1.91. The summed E-state index contributed by atoms with van der Waals surface area (Å²) in [5, 5.41) is 0. The van der Waals surface area contributed by atoms with E-state index in [0.717, 1.165) is 25.6 Å². The van der Waals surface area contributed by atoms with E-state index >= 15 is 0 Å². The van der Waals surface area contributed by atoms with E-state index in [4.69, 9.17) is 5.84 Å². The SMILES string of the molecule is CCCC1CCN(CCC(=O)ONN)CC1. The lowest BCUT2D eigenvalue weighted by atomic mass is 9.92. The fraction of sp³-hybridized carbons (Fsp3) is 0.909. The predicted octanol–water partition coefficient (Wildman–Crippen LogP) is 0.810. The first-order chi connectivity index (χ1) is 7.76. The number of nitrogens with zero attached hydrogens (tertiary/aromatic N) is 1. The van der Waals surface area contributed by atoms with Crippen molar-refractivity contribution >= 4 is 5.97 Å². The molecule has 1 saturated heterocycles. The number of hydrazine groups is 1. The maximum absolute atomic E-state index is 11.1. The molecule has 5 nitrogen and oxygen atoms in total. The van der Waals surface area contributed by atoms with Gasteiger partial charge < -0.3 is 9.74 Å². The van der Waals surface area contributed by atoms with Gasteiger partial charge >= 0.3 is 5.97 Å². The molecule has 1 aliphatic rings. The number of nitrogens with one attached hydrogen (secondary N) is 1. The van der Waals surface area contributed by atoms with Crippen molar-refractivity contribution in [3.8, 4) is 0 Å². The summed E-state index contributed by atoms with van der Waals surface area (Å²) < 4.78 is 0. The van der Waals surface area contributed by atoms with Crippen LogP contribution in [-0.2, 0) is 9.63 Å². The highest BCUT2D eigenvalue weighted by Crippen LogP contribution is 2.21. The Bertz CT molecular complexity index is 203. The molecule has 1 heterocycles. The zero-order chi connectivity index (χ0) is 11.8. The number of piperidine rings is 1. The van der Waals surface area contributed by atoms with Gasteiger partial charge in [-0.05, 0) is 31.8 Å². The fourth-order valence-electron chi connectivity index (χ4n) is 2.27. The molecule has 0 bridgehead atoms. The van der Waals surface area contributed by atoms with Crippen LogP contribution in [0.15, 0.2) is 0 Å². The third kappa shape index (κ3) is 4.92. The minimum Gasteiger partial charge on any atom is -0.356 e. The summed E-state index contributed by atoms with van der Waals surface area (Å²) in [6.45, 7) is 5.23. The van der Waals surface area contributed by atoms with Crippen molar-refractivity contribution < 1.29 is 9.63 Å². The molecule has 1 fully saturated rings. The smallest absolute Gasteiger partial charge is 0.327 e. The first-order valence-electron chi connectivity index (χ1n) is 6.14. The Labute approximate surface area is 97.2 Å². The first kappa shape index (κ1) is 13.4. The van der Waals surface area contributed by atoms with Crippen LogP contribution in [0.5, 0.6) is 0 Å². The molecule has 0 unspecified atom stereocenters. The van der Waals surface area contributed by atoms with Crippen molar-refractivity contribution in [3.05, 3.63) is 0 Å². The number of hydrogen-bond acceptors (Lipinski definition) is 5. The molecule has 5 heteroatoms. The molecular formula is C11H23N3O2. The van der Waals surface area contributed by atoms with Gasteiger partial charge in [0.15, 0.2) is 0 Å². The number of rotatable bonds is 6. The van der Waals surface area contributed by atoms with Crippen molar-refractivity contribution in [2.24, 2.45) is 11.8 Å². The van der Waals surface area contributed by atoms with Crippen LogP contribution in [0.4, 0.5) is 0 Å². The molecule has 0 aliphatic carbocycles. The van der Waals surface area contributed by atoms with Crippen LogP contribution in [0, 0.1) is 5.92 Å². The van der Waals surface area contributed by atoms with Crippen molar-refractivity contribution in [1.82, 2.24) is 10.5 Å². The summed E-state index contributed by atoms with van der Waals surface area (Å²) in [7, 11) is 0. The molecule has 0 atom stereocenters. The Morgan fingerprint density at radius 1 is 1.50 bits per heavy atom. The van der Waals surface area contributed by atoms with E-state index in [9.17, 15) is 4.79 Å². The van der Waals surface area contributed by atoms with Crippen LogP contribution >= 0.6 is 0 Å². The van der Waals surface area contributed by atoms with Gasteiger partial charge in [0.25, 0.3) is 0 Å². The van der Waals surface area contributed by atoms with E-state index in [1.165, 1.54) is 25.7 Å². The van der Waals surface area contributed by atoms with Crippen LogP contribution < -0.4 is 11.4 Å². The Balaban J connectivity index is 2.10. The molecule has 1 aliphatic heterocycles. The Morgan fingerprint density at radius 2 is 2.19 bits per heavy atom. The lowest BCUT2D eigenvalue weighted by Gasteiger charge is -2.31. The van der Waals surface area contributed by atoms with Gasteiger partial charge in [-0.1, -0.05) is 25.4 Å². The molecule has 16 heavy (non-hydrogen) atoms. The number of hydrogen-bond donors (Lipinski definition) is 2. The maximum atomic E-state index is 11.1. The van der Waals surface area contributed by atoms with Gasteiger partial charge in [0.2, 0.25) is 0 Å². The first-order valence-corrected chi connectivity index (χ1v) is 6.14. The van der Waals surface area contributed by atoms with E-state index in [1.807, 2.05) is 5.59 Å². The molecule has 3 N–H and O–H groups in total. The molecule has 0 amide bonds. The van der Waals surface area contributed by atoms with Crippen molar-refractivity contribution in [2.75, 3.05) is 19.6 Å². The van der Waals surface area contributed by atoms with Gasteiger partial charge in [-0.25, -0.2) is 5.84 Å². The second-order valence-corrected chi connectivity index (χ2v) is 4.42. The number of carbonyl (C=O) groups excluding carboxylic acids is 1. The van der Waals surface area contributed by atoms with Crippen LogP contribution in [0.2, 0.25) is 0 Å². The third-order valence-electron chi connectivity index (χ3n) is 3.21. The Morgan fingerprint density at radius 3 is 2.75 bits per heavy atom. The number of likely N-dealkylation sites (tertiary alicyclic amines) is 1. The highest BCUT2D eigenvalue weighted by Gasteiger charge is 2.18. The molecule has 0 aromatic carbocycles. The number of nitrogens with two attached hydrogens (primary N) is 1. The topological polar surface area (TPSA) is 67.6 Å². The Kier molecular flexibility index (Phi) is 6.37. The summed E-state index contributed by atoms with van der Waals surface area (Å²) in [4.78, 5) is 17.8. The molecule has 94 valence electrons. The molecule has 0 aromatic rings. The average molecular weight is 229 g/mol. The van der Waals surface area contributed by atoms with Crippen LogP contribution in [0.3, 0.4) is 0 Å². The van der Waals surface area contributed by atoms with Crippen molar-refractivity contribution in [1.29, 1.82) is 0 Å². The molecule has 0 spiro atoms. The zero-order valence-electron chi connectivity index (χ0n) is 10.1. The molecule has 0 radical (unpaired) electrons. The second kappa shape index (κ2) is 7.60. The van der Waals surface area contributed by atoms with Gasteiger partial charge in [-0.2, -0.15) is 0 Å². The van der Waals surface area contributed by atoms with Crippen LogP contribution in [-0.4, -0.2) is 30.5 Å². The lowest BCUT2D eigenvalue weighted by molar-refractivity contribution is -0.151. The minimum absolute atomic E-state index is 0.293. The van der Waals surface area contributed by atoms with E-state index < -0.39 is 0 Å². The Hall–Kier alpha value is -0.650. The van der Waals surface area contributed by atoms with E-state index in [2.05, 4.69) is 16.7 Å². The van der Waals surface area contributed by atoms with Gasteiger partial charge in [0.05, 0.1) is 6.42 Å². The van der Waals surface area contributed by atoms with E-state index in [1.54, 1.807) is 0 Å². The predicted molar refractivity (Wildman–Crippen MR) is 62.1 cm³/mol. The quantitative estimate of drug-likeness (QED) is 0.521. The molecular weight excluding hydrogens is 206 g/mol. The van der Waals surface area contributed by atoms with Gasteiger partial charge in [0.1, 0.15) is 0 Å². The summed E-state index contributed by atoms with van der Waals surface area (Å²) in [6, 6.07) is 0. The van der Waals surface area contributed by atoms with E-state index in [0.29, 0.717) is 6.42 Å². The summed E-state index contributed by atoms with van der Waals surface area (Å²) >= 11 is 0. The molecule has 0 saturated carbocycles. The normalized spacial score (nSPS) is 18.6. The maximum Gasteiger partial charge on any atom is 0.327 e. The summed E-state index contributed by atoms with van der Waals surface area (Å²) in [6.07, 6.45) is 5.55. The second-order valence-electron chi connectivity index (χ2n) is 4.42. The standard InChI is InChI=1S/C11H23N3O2/c1-2-3-10-4-7-14(8-5-10)9-6-11(15)16-13-12/h10,13H,2-9,12H2,1H3. The van der Waals surface area contributed by atoms with Gasteiger partial charge in [-0.3, -0.25) is 4.79 Å². The highest BCUT2D eigenvalue weighted by atomic mass is 16.7. The van der Waals surface area contributed by atoms with Crippen LogP contribution in [0.1, 0.15) is 39.0 Å². The zero-order valence-corrected chi connectivity index (χ0v) is 10.1. The summed E-state index contributed by atoms with van der Waals surface area (Å²) in [5.74, 6) is 5.48. The van der Waals surface area contributed by atoms with Crippen molar-refractivity contribution in [3.63, 3.8) is 0 Å². The highest BCUT2D eigenvalue weighted by molar-refractivity contribution is 5.69. The van der Waals surface area contributed by atoms with Gasteiger partial charge in [0, 0.05) is 6.54 Å². The van der Waals surface area contributed by atoms with Gasteiger partial charge in [-0.15, -0.1) is 0 Å². The molecule has 1 rings (SSSR count). The van der Waals surface area contributed by atoms with Crippen molar-refractivity contribution in [2.45, 2.75) is 39.0 Å². The molecule has 0 aromatic heterocycles. The van der Waals surface area contributed by atoms with Crippen LogP contribution in [0.25, 0.3) is 0 Å². The largest absolute Gasteiger partial charge is 0.356 e.